The van der Waals surface area contributed by atoms with Crippen molar-refractivity contribution < 1.29 is 5.11 Å². The number of H-pyrrole nitrogens is 1. The maximum Gasteiger partial charge on any atom is 0.0556 e. The summed E-state index contributed by atoms with van der Waals surface area (Å²) in [5, 5.41) is 13.6. The second kappa shape index (κ2) is 4.74. The topological polar surface area (TPSA) is 48.0 Å². The minimum Gasteiger partial charge on any atom is -0.395 e. The standard InChI is InChI=1S/C9H14N2O/c1-8-2-5-11-9(8)3-4-10-6-7-12/h2-3,5,10-12H,1,4,6-7H2. The van der Waals surface area contributed by atoms with Gasteiger partial charge in [-0.1, -0.05) is 6.58 Å². The fourth-order valence-corrected chi connectivity index (χ4v) is 0.960. The van der Waals surface area contributed by atoms with Gasteiger partial charge in [0.1, 0.15) is 0 Å². The number of aliphatic hydroxyl groups excluding tert-OH is 1. The van der Waals surface area contributed by atoms with Gasteiger partial charge in [0.05, 0.1) is 6.61 Å². The highest BCUT2D eigenvalue weighted by atomic mass is 16.3. The molecule has 0 bridgehead atoms. The Bertz CT molecular complexity index is 316. The van der Waals surface area contributed by atoms with E-state index in [0.29, 0.717) is 6.54 Å². The number of hydrogen-bond acceptors (Lipinski definition) is 2. The van der Waals surface area contributed by atoms with Crippen molar-refractivity contribution in [2.45, 2.75) is 0 Å². The van der Waals surface area contributed by atoms with Gasteiger partial charge >= 0.3 is 0 Å². The van der Waals surface area contributed by atoms with Crippen LogP contribution in [0.15, 0.2) is 12.3 Å². The zero-order valence-corrected chi connectivity index (χ0v) is 7.01. The lowest BCUT2D eigenvalue weighted by Crippen LogP contribution is -2.25. The minimum atomic E-state index is 0.176. The molecular weight excluding hydrogens is 152 g/mol. The fourth-order valence-electron chi connectivity index (χ4n) is 0.960. The quantitative estimate of drug-likeness (QED) is 0.491. The molecule has 3 nitrogen and oxygen atoms in total. The smallest absolute Gasteiger partial charge is 0.0556 e. The highest BCUT2D eigenvalue weighted by Gasteiger charge is 1.82. The van der Waals surface area contributed by atoms with E-state index < -0.39 is 0 Å². The Morgan fingerprint density at radius 1 is 1.67 bits per heavy atom. The van der Waals surface area contributed by atoms with Crippen molar-refractivity contribution in [1.82, 2.24) is 10.3 Å². The highest BCUT2D eigenvalue weighted by molar-refractivity contribution is 5.23. The van der Waals surface area contributed by atoms with Gasteiger partial charge in [-0.2, -0.15) is 0 Å². The Balaban J connectivity index is 2.48. The lowest BCUT2D eigenvalue weighted by Gasteiger charge is -1.94. The van der Waals surface area contributed by atoms with Gasteiger partial charge in [0, 0.05) is 24.6 Å². The largest absolute Gasteiger partial charge is 0.395 e. The summed E-state index contributed by atoms with van der Waals surface area (Å²) in [7, 11) is 0. The van der Waals surface area contributed by atoms with E-state index in [2.05, 4.69) is 16.9 Å². The molecule has 66 valence electrons. The van der Waals surface area contributed by atoms with Crippen LogP contribution < -0.4 is 15.9 Å². The number of aliphatic hydroxyl groups is 1. The zero-order valence-electron chi connectivity index (χ0n) is 7.01. The number of rotatable bonds is 4. The highest BCUT2D eigenvalue weighted by Crippen LogP contribution is 1.63. The summed E-state index contributed by atoms with van der Waals surface area (Å²) in [6, 6.07) is 1.93. The molecule has 0 amide bonds. The summed E-state index contributed by atoms with van der Waals surface area (Å²) in [4.78, 5) is 3.06. The summed E-state index contributed by atoms with van der Waals surface area (Å²) in [5.74, 6) is 0. The van der Waals surface area contributed by atoms with Gasteiger partial charge in [0.2, 0.25) is 0 Å². The molecule has 0 radical (unpaired) electrons. The molecule has 1 aromatic heterocycles. The van der Waals surface area contributed by atoms with Gasteiger partial charge in [0.15, 0.2) is 0 Å². The summed E-state index contributed by atoms with van der Waals surface area (Å²) < 4.78 is 0. The molecule has 0 aliphatic heterocycles. The lowest BCUT2D eigenvalue weighted by molar-refractivity contribution is 0.295. The van der Waals surface area contributed by atoms with Crippen LogP contribution in [0.4, 0.5) is 0 Å². The second-order valence-corrected chi connectivity index (χ2v) is 2.55. The van der Waals surface area contributed by atoms with Crippen molar-refractivity contribution >= 4 is 12.7 Å². The van der Waals surface area contributed by atoms with Crippen LogP contribution in [-0.2, 0) is 0 Å². The molecule has 12 heavy (non-hydrogen) atoms. The molecule has 0 aromatic carbocycles. The first-order valence-electron chi connectivity index (χ1n) is 3.98. The summed E-state index contributed by atoms with van der Waals surface area (Å²) in [6.45, 7) is 5.40. The number of nitrogens with one attached hydrogen (secondary N) is 2. The SMILES string of the molecule is C=c1cc[nH]c1=CCNCCO. The second-order valence-electron chi connectivity index (χ2n) is 2.55. The lowest BCUT2D eigenvalue weighted by atomic mass is 10.4. The first kappa shape index (κ1) is 9.03. The van der Waals surface area contributed by atoms with E-state index in [-0.39, 0.29) is 6.61 Å². The van der Waals surface area contributed by atoms with E-state index in [4.69, 9.17) is 5.11 Å². The van der Waals surface area contributed by atoms with Crippen LogP contribution in [0.25, 0.3) is 12.7 Å². The van der Waals surface area contributed by atoms with Crippen LogP contribution in [0, 0.1) is 0 Å². The molecule has 0 spiro atoms. The van der Waals surface area contributed by atoms with E-state index in [1.54, 1.807) is 0 Å². The maximum atomic E-state index is 8.48. The van der Waals surface area contributed by atoms with E-state index in [1.807, 2.05) is 18.3 Å². The van der Waals surface area contributed by atoms with Crippen molar-refractivity contribution in [3.63, 3.8) is 0 Å². The van der Waals surface area contributed by atoms with Crippen LogP contribution in [-0.4, -0.2) is 29.8 Å². The van der Waals surface area contributed by atoms with Gasteiger partial charge in [-0.25, -0.2) is 0 Å². The Kier molecular flexibility index (Phi) is 3.57. The Morgan fingerprint density at radius 3 is 3.08 bits per heavy atom. The minimum absolute atomic E-state index is 0.176. The summed E-state index contributed by atoms with van der Waals surface area (Å²) in [6.07, 6.45) is 3.87. The van der Waals surface area contributed by atoms with E-state index in [0.717, 1.165) is 17.1 Å². The third kappa shape index (κ3) is 2.53. The van der Waals surface area contributed by atoms with Crippen molar-refractivity contribution in [3.8, 4) is 0 Å². The molecule has 1 aromatic rings. The fraction of sp³-hybridized carbons (Fsp3) is 0.333. The normalized spacial score (nSPS) is 12.2. The maximum absolute atomic E-state index is 8.48. The van der Waals surface area contributed by atoms with Gasteiger partial charge in [-0.05, 0) is 17.4 Å². The number of aromatic nitrogens is 1. The molecule has 1 rings (SSSR count). The first-order valence-corrected chi connectivity index (χ1v) is 3.98. The van der Waals surface area contributed by atoms with Gasteiger partial charge in [-0.15, -0.1) is 0 Å². The molecule has 0 aliphatic rings. The van der Waals surface area contributed by atoms with E-state index in [9.17, 15) is 0 Å². The van der Waals surface area contributed by atoms with Crippen LogP contribution >= 0.6 is 0 Å². The predicted molar refractivity (Wildman–Crippen MR) is 50.0 cm³/mol. The molecular formula is C9H14N2O. The van der Waals surface area contributed by atoms with Crippen LogP contribution in [0.3, 0.4) is 0 Å². The van der Waals surface area contributed by atoms with Crippen molar-refractivity contribution in [2.75, 3.05) is 19.7 Å². The Hall–Kier alpha value is -1.06. The molecule has 3 N–H and O–H groups in total. The van der Waals surface area contributed by atoms with Crippen molar-refractivity contribution in [2.24, 2.45) is 0 Å². The number of hydrogen-bond donors (Lipinski definition) is 3. The van der Waals surface area contributed by atoms with Gasteiger partial charge in [0.25, 0.3) is 0 Å². The summed E-state index contributed by atoms with van der Waals surface area (Å²) >= 11 is 0. The Morgan fingerprint density at radius 2 is 2.50 bits per heavy atom. The average Bonchev–Trinajstić information content (AvgIpc) is 2.46. The first-order chi connectivity index (χ1) is 5.84. The van der Waals surface area contributed by atoms with Gasteiger partial charge < -0.3 is 15.4 Å². The molecule has 1 heterocycles. The van der Waals surface area contributed by atoms with E-state index >= 15 is 0 Å². The molecule has 0 fully saturated rings. The van der Waals surface area contributed by atoms with Crippen LogP contribution in [0.1, 0.15) is 0 Å². The average molecular weight is 166 g/mol. The van der Waals surface area contributed by atoms with Gasteiger partial charge in [-0.3, -0.25) is 0 Å². The van der Waals surface area contributed by atoms with Crippen LogP contribution in [0.2, 0.25) is 0 Å². The van der Waals surface area contributed by atoms with Crippen molar-refractivity contribution in [3.05, 3.63) is 22.8 Å². The molecule has 0 saturated carbocycles. The molecule has 0 unspecified atom stereocenters. The summed E-state index contributed by atoms with van der Waals surface area (Å²) in [5.41, 5.74) is 0. The van der Waals surface area contributed by atoms with E-state index in [1.165, 1.54) is 0 Å². The third-order valence-corrected chi connectivity index (χ3v) is 1.61. The molecule has 0 aliphatic carbocycles. The monoisotopic (exact) mass is 166 g/mol. The van der Waals surface area contributed by atoms with Crippen LogP contribution in [0.5, 0.6) is 0 Å². The number of aromatic amines is 1. The molecule has 0 saturated heterocycles. The zero-order chi connectivity index (χ0) is 8.81. The molecule has 3 heteroatoms. The molecule has 0 atom stereocenters. The Labute approximate surface area is 71.4 Å². The predicted octanol–water partition coefficient (Wildman–Crippen LogP) is -1.21. The van der Waals surface area contributed by atoms with Crippen molar-refractivity contribution in [1.29, 1.82) is 0 Å². The third-order valence-electron chi connectivity index (χ3n) is 1.61.